The number of hydrogen-bond donors (Lipinski definition) is 1. The molecule has 2 heterocycles. The molecule has 1 aliphatic heterocycles. The lowest BCUT2D eigenvalue weighted by Crippen LogP contribution is -2.34. The molecule has 3 nitrogen and oxygen atoms in total. The van der Waals surface area contributed by atoms with E-state index in [0.717, 1.165) is 5.56 Å². The van der Waals surface area contributed by atoms with Gasteiger partial charge in [-0.15, -0.1) is 0 Å². The van der Waals surface area contributed by atoms with E-state index in [1.165, 1.54) is 16.2 Å². The van der Waals surface area contributed by atoms with Gasteiger partial charge in [0, 0.05) is 0 Å². The van der Waals surface area contributed by atoms with Crippen LogP contribution in [0, 0.1) is 0 Å². The molecule has 6 heteroatoms. The molecule has 0 aliphatic carbocycles. The van der Waals surface area contributed by atoms with Gasteiger partial charge in [-0.1, -0.05) is 6.92 Å². The third-order valence-electron chi connectivity index (χ3n) is 2.85. The van der Waals surface area contributed by atoms with E-state index < -0.39 is 19.1 Å². The number of carbonyl (C=O) groups is 1. The second-order valence-corrected chi connectivity index (χ2v) is 4.75. The van der Waals surface area contributed by atoms with Crippen molar-refractivity contribution in [2.24, 2.45) is 0 Å². The Labute approximate surface area is 102 Å². The summed E-state index contributed by atoms with van der Waals surface area (Å²) >= 11 is 1.49. The molecular weight excluding hydrogens is 246 g/mol. The van der Waals surface area contributed by atoms with Crippen molar-refractivity contribution >= 4 is 17.2 Å². The van der Waals surface area contributed by atoms with E-state index in [0.29, 0.717) is 6.42 Å². The number of hydrogen-bond acceptors (Lipinski definition) is 3. The molecule has 0 aromatic carbocycles. The summed E-state index contributed by atoms with van der Waals surface area (Å²) in [4.78, 5) is 13.1. The molecule has 94 valence electrons. The first-order valence-corrected chi connectivity index (χ1v) is 6.44. The average molecular weight is 260 g/mol. The highest BCUT2D eigenvalue weighted by Crippen LogP contribution is 2.28. The highest BCUT2D eigenvalue weighted by Gasteiger charge is 2.39. The van der Waals surface area contributed by atoms with E-state index in [1.807, 2.05) is 23.8 Å². The Morgan fingerprint density at radius 2 is 2.35 bits per heavy atom. The first kappa shape index (κ1) is 12.4. The predicted octanol–water partition coefficient (Wildman–Crippen LogP) is 2.22. The molecule has 2 atom stereocenters. The van der Waals surface area contributed by atoms with Crippen LogP contribution >= 0.6 is 11.3 Å². The number of halogens is 2. The Bertz CT molecular complexity index is 383. The number of carbonyl (C=O) groups excluding carboxylic acids is 1. The van der Waals surface area contributed by atoms with Gasteiger partial charge in [0.2, 0.25) is 5.91 Å². The predicted molar refractivity (Wildman–Crippen MR) is 62.0 cm³/mol. The Morgan fingerprint density at radius 1 is 1.59 bits per heavy atom. The van der Waals surface area contributed by atoms with Crippen LogP contribution in [0.4, 0.5) is 8.78 Å². The monoisotopic (exact) mass is 260 g/mol. The normalized spacial score (nSPS) is 24.9. The van der Waals surface area contributed by atoms with Crippen molar-refractivity contribution in [1.82, 2.24) is 10.2 Å². The molecule has 0 saturated carbocycles. The van der Waals surface area contributed by atoms with Crippen LogP contribution in [0.1, 0.15) is 25.1 Å². The van der Waals surface area contributed by atoms with Crippen LogP contribution in [0.2, 0.25) is 0 Å². The number of rotatable bonds is 4. The summed E-state index contributed by atoms with van der Waals surface area (Å²) in [7, 11) is 0. The molecule has 0 spiro atoms. The maximum atomic E-state index is 12.5. The fourth-order valence-corrected chi connectivity index (χ4v) is 2.70. The lowest BCUT2D eigenvalue weighted by molar-refractivity contribution is -0.132. The number of alkyl halides is 2. The van der Waals surface area contributed by atoms with Gasteiger partial charge in [-0.2, -0.15) is 11.3 Å². The quantitative estimate of drug-likeness (QED) is 0.900. The molecule has 2 rings (SSSR count). The van der Waals surface area contributed by atoms with Gasteiger partial charge in [-0.25, -0.2) is 8.78 Å². The van der Waals surface area contributed by atoms with Crippen LogP contribution in [0.15, 0.2) is 16.8 Å². The highest BCUT2D eigenvalue weighted by molar-refractivity contribution is 7.07. The number of thiophene rings is 1. The van der Waals surface area contributed by atoms with Gasteiger partial charge in [0.25, 0.3) is 6.43 Å². The van der Waals surface area contributed by atoms with Crippen LogP contribution in [-0.2, 0) is 4.79 Å². The van der Waals surface area contributed by atoms with E-state index in [4.69, 9.17) is 0 Å². The van der Waals surface area contributed by atoms with E-state index in [9.17, 15) is 13.6 Å². The van der Waals surface area contributed by atoms with E-state index in [2.05, 4.69) is 5.32 Å². The SMILES string of the molecule is CCC1NC(c2ccsc2)N(CC(F)F)C1=O. The van der Waals surface area contributed by atoms with Gasteiger partial charge < -0.3 is 4.90 Å². The standard InChI is InChI=1S/C11H14F2N2OS/c1-2-8-11(16)15(5-9(12)13)10(14-8)7-3-4-17-6-7/h3-4,6,8-10,14H,2,5H2,1H3. The van der Waals surface area contributed by atoms with Crippen LogP contribution in [0.5, 0.6) is 0 Å². The minimum atomic E-state index is -2.50. The summed E-state index contributed by atoms with van der Waals surface area (Å²) in [6, 6.07) is 1.50. The van der Waals surface area contributed by atoms with Gasteiger partial charge in [-0.05, 0) is 28.8 Å². The molecule has 1 aliphatic rings. The fraction of sp³-hybridized carbons (Fsp3) is 0.545. The lowest BCUT2D eigenvalue weighted by Gasteiger charge is -2.23. The fourth-order valence-electron chi connectivity index (χ4n) is 2.02. The second kappa shape index (κ2) is 5.10. The van der Waals surface area contributed by atoms with Crippen molar-refractivity contribution in [3.8, 4) is 0 Å². The highest BCUT2D eigenvalue weighted by atomic mass is 32.1. The molecule has 0 radical (unpaired) electrons. The van der Waals surface area contributed by atoms with Gasteiger partial charge in [0.15, 0.2) is 0 Å². The minimum Gasteiger partial charge on any atom is -0.316 e. The average Bonchev–Trinajstić information content (AvgIpc) is 2.88. The number of nitrogens with zero attached hydrogens (tertiary/aromatic N) is 1. The summed E-state index contributed by atoms with van der Waals surface area (Å²) < 4.78 is 25.0. The van der Waals surface area contributed by atoms with Crippen LogP contribution < -0.4 is 5.32 Å². The van der Waals surface area contributed by atoms with E-state index in [1.54, 1.807) is 0 Å². The van der Waals surface area contributed by atoms with E-state index in [-0.39, 0.29) is 11.9 Å². The Morgan fingerprint density at radius 3 is 2.88 bits per heavy atom. The minimum absolute atomic E-state index is 0.232. The van der Waals surface area contributed by atoms with Crippen molar-refractivity contribution in [1.29, 1.82) is 0 Å². The zero-order valence-corrected chi connectivity index (χ0v) is 10.2. The lowest BCUT2D eigenvalue weighted by atomic mass is 10.2. The Kier molecular flexibility index (Phi) is 3.73. The Balaban J connectivity index is 2.21. The van der Waals surface area contributed by atoms with Gasteiger partial charge >= 0.3 is 0 Å². The molecule has 1 fully saturated rings. The summed E-state index contributed by atoms with van der Waals surface area (Å²) in [6.07, 6.45) is -2.30. The van der Waals surface area contributed by atoms with Crippen molar-refractivity contribution in [2.45, 2.75) is 32.0 Å². The maximum absolute atomic E-state index is 12.5. The van der Waals surface area contributed by atoms with Gasteiger partial charge in [0.1, 0.15) is 6.17 Å². The second-order valence-electron chi connectivity index (χ2n) is 3.97. The number of nitrogens with one attached hydrogen (secondary N) is 1. The first-order chi connectivity index (χ1) is 8.13. The molecular formula is C11H14F2N2OS. The van der Waals surface area contributed by atoms with Crippen molar-refractivity contribution in [3.63, 3.8) is 0 Å². The zero-order valence-electron chi connectivity index (χ0n) is 9.40. The van der Waals surface area contributed by atoms with Crippen molar-refractivity contribution in [2.75, 3.05) is 6.54 Å². The van der Waals surface area contributed by atoms with Crippen LogP contribution in [-0.4, -0.2) is 29.8 Å². The summed E-state index contributed by atoms with van der Waals surface area (Å²) in [5.41, 5.74) is 0.875. The summed E-state index contributed by atoms with van der Waals surface area (Å²) in [5.74, 6) is -0.232. The topological polar surface area (TPSA) is 32.3 Å². The molecule has 17 heavy (non-hydrogen) atoms. The largest absolute Gasteiger partial charge is 0.316 e. The first-order valence-electron chi connectivity index (χ1n) is 5.50. The van der Waals surface area contributed by atoms with E-state index >= 15 is 0 Å². The van der Waals surface area contributed by atoms with Crippen molar-refractivity contribution < 1.29 is 13.6 Å². The summed E-state index contributed by atoms with van der Waals surface area (Å²) in [5, 5.41) is 6.85. The molecule has 1 aromatic heterocycles. The molecule has 2 unspecified atom stereocenters. The van der Waals surface area contributed by atoms with Crippen LogP contribution in [0.25, 0.3) is 0 Å². The third-order valence-corrected chi connectivity index (χ3v) is 3.56. The molecule has 1 aromatic rings. The smallest absolute Gasteiger partial charge is 0.255 e. The molecule has 1 N–H and O–H groups in total. The third kappa shape index (κ3) is 2.47. The molecule has 1 saturated heterocycles. The Hall–Kier alpha value is -1.01. The maximum Gasteiger partial charge on any atom is 0.255 e. The van der Waals surface area contributed by atoms with Crippen LogP contribution in [0.3, 0.4) is 0 Å². The van der Waals surface area contributed by atoms with Gasteiger partial charge in [0.05, 0.1) is 12.6 Å². The zero-order chi connectivity index (χ0) is 12.4. The van der Waals surface area contributed by atoms with Gasteiger partial charge in [-0.3, -0.25) is 10.1 Å². The molecule has 1 amide bonds. The van der Waals surface area contributed by atoms with Crippen molar-refractivity contribution in [3.05, 3.63) is 22.4 Å². The molecule has 0 bridgehead atoms. The summed E-state index contributed by atoms with van der Waals surface area (Å²) in [6.45, 7) is 1.36. The number of amides is 1.